The quantitative estimate of drug-likeness (QED) is 0.135. The zero-order valence-electron chi connectivity index (χ0n) is 19.4. The van der Waals surface area contributed by atoms with Gasteiger partial charge in [-0.25, -0.2) is 4.57 Å². The molecule has 0 saturated carbocycles. The molecule has 3 N–H and O–H groups in total. The minimum absolute atomic E-state index is 0.0464. The second-order valence-electron chi connectivity index (χ2n) is 7.75. The van der Waals surface area contributed by atoms with Crippen LogP contribution in [0, 0.1) is 0 Å². The van der Waals surface area contributed by atoms with E-state index in [1.807, 2.05) is 0 Å². The fourth-order valence-corrected chi connectivity index (χ4v) is 3.22. The van der Waals surface area contributed by atoms with Crippen molar-refractivity contribution in [3.8, 4) is 0 Å². The van der Waals surface area contributed by atoms with Crippen molar-refractivity contribution in [2.75, 3.05) is 19.8 Å². The Morgan fingerprint density at radius 2 is 1.41 bits per heavy atom. The zero-order valence-corrected chi connectivity index (χ0v) is 20.3. The lowest BCUT2D eigenvalue weighted by Gasteiger charge is -2.18. The number of carbonyl (C=O) groups is 3. The van der Waals surface area contributed by atoms with Crippen molar-refractivity contribution < 1.29 is 42.7 Å². The Kier molecular flexibility index (Phi) is 18.2. The molecule has 0 aliphatic heterocycles. The molecule has 1 atom stereocenters. The molecule has 0 fully saturated rings. The molecule has 0 rings (SSSR count). The third-order valence-electron chi connectivity index (χ3n) is 4.57. The van der Waals surface area contributed by atoms with Gasteiger partial charge in [-0.15, -0.1) is 0 Å². The summed E-state index contributed by atoms with van der Waals surface area (Å²) in [5.74, 6) is -1.04. The van der Waals surface area contributed by atoms with E-state index >= 15 is 0 Å². The van der Waals surface area contributed by atoms with Gasteiger partial charge in [-0.1, -0.05) is 51.9 Å². The van der Waals surface area contributed by atoms with Crippen molar-refractivity contribution >= 4 is 25.7 Å². The molecule has 1 amide bonds. The summed E-state index contributed by atoms with van der Waals surface area (Å²) < 4.78 is 25.6. The molecule has 0 bridgehead atoms. The van der Waals surface area contributed by atoms with E-state index in [2.05, 4.69) is 16.8 Å². The molecule has 0 aromatic heterocycles. The van der Waals surface area contributed by atoms with Crippen LogP contribution in [0.5, 0.6) is 0 Å². The molecule has 0 saturated heterocycles. The molecule has 0 radical (unpaired) electrons. The van der Waals surface area contributed by atoms with Crippen molar-refractivity contribution in [3.63, 3.8) is 0 Å². The first-order valence-corrected chi connectivity index (χ1v) is 13.0. The molecule has 32 heavy (non-hydrogen) atoms. The van der Waals surface area contributed by atoms with E-state index in [0.717, 1.165) is 51.4 Å². The Labute approximate surface area is 191 Å². The Balaban J connectivity index is 4.15. The fourth-order valence-electron chi connectivity index (χ4n) is 2.86. The summed E-state index contributed by atoms with van der Waals surface area (Å²) in [5, 5.41) is 2.73. The number of unbranched alkanes of at least 4 members (excludes halogenated alkanes) is 8. The van der Waals surface area contributed by atoms with E-state index in [1.165, 1.54) is 6.92 Å². The predicted octanol–water partition coefficient (Wildman–Crippen LogP) is 3.39. The summed E-state index contributed by atoms with van der Waals surface area (Å²) in [4.78, 5) is 52.4. The number of hydrogen-bond acceptors (Lipinski definition) is 7. The van der Waals surface area contributed by atoms with Crippen LogP contribution in [0.3, 0.4) is 0 Å². The molecule has 11 heteroatoms. The van der Waals surface area contributed by atoms with Gasteiger partial charge in [0.25, 0.3) is 0 Å². The number of ether oxygens (including phenoxy) is 2. The molecule has 0 heterocycles. The monoisotopic (exact) mass is 481 g/mol. The van der Waals surface area contributed by atoms with Crippen molar-refractivity contribution in [2.24, 2.45) is 0 Å². The lowest BCUT2D eigenvalue weighted by atomic mass is 10.1. The zero-order chi connectivity index (χ0) is 24.2. The first-order chi connectivity index (χ1) is 15.1. The van der Waals surface area contributed by atoms with E-state index in [4.69, 9.17) is 19.3 Å². The van der Waals surface area contributed by atoms with Crippen LogP contribution in [0.4, 0.5) is 0 Å². The van der Waals surface area contributed by atoms with Gasteiger partial charge >= 0.3 is 19.8 Å². The normalized spacial score (nSPS) is 12.2. The molecule has 0 aromatic carbocycles. The number of esters is 2. The molecule has 0 spiro atoms. The van der Waals surface area contributed by atoms with Crippen molar-refractivity contribution in [1.29, 1.82) is 0 Å². The standard InChI is InChI=1S/C21H40NO9P/c1-3-4-5-7-11-14-21(25)31-19(17-30-32(26,27)28)16-29-20(24)13-10-8-6-9-12-15-22-18(2)23/h19H,3-17H2,1-2H3,(H,22,23)(H2,26,27,28)/t19-/m0/s1. The maximum absolute atomic E-state index is 12.0. The number of phosphoric ester groups is 1. The van der Waals surface area contributed by atoms with E-state index in [0.29, 0.717) is 19.4 Å². The molecular formula is C21H40NO9P. The molecule has 0 unspecified atom stereocenters. The van der Waals surface area contributed by atoms with Gasteiger partial charge < -0.3 is 24.6 Å². The lowest BCUT2D eigenvalue weighted by molar-refractivity contribution is -0.161. The van der Waals surface area contributed by atoms with Crippen molar-refractivity contribution in [3.05, 3.63) is 0 Å². The predicted molar refractivity (Wildman–Crippen MR) is 119 cm³/mol. The molecule has 0 aromatic rings. The van der Waals surface area contributed by atoms with Crippen molar-refractivity contribution in [1.82, 2.24) is 5.32 Å². The number of amides is 1. The first-order valence-electron chi connectivity index (χ1n) is 11.4. The molecule has 0 aliphatic rings. The third kappa shape index (κ3) is 21.7. The smallest absolute Gasteiger partial charge is 0.462 e. The maximum atomic E-state index is 12.0. The molecular weight excluding hydrogens is 441 g/mol. The van der Waals surface area contributed by atoms with Gasteiger partial charge in [-0.3, -0.25) is 18.9 Å². The number of carbonyl (C=O) groups excluding carboxylic acids is 3. The van der Waals surface area contributed by atoms with Crippen LogP contribution in [0.15, 0.2) is 0 Å². The lowest BCUT2D eigenvalue weighted by Crippen LogP contribution is -2.29. The summed E-state index contributed by atoms with van der Waals surface area (Å²) in [6.07, 6.45) is 8.33. The highest BCUT2D eigenvalue weighted by Gasteiger charge is 2.22. The fraction of sp³-hybridized carbons (Fsp3) is 0.857. The van der Waals surface area contributed by atoms with Gasteiger partial charge in [-0.2, -0.15) is 0 Å². The van der Waals surface area contributed by atoms with Crippen LogP contribution >= 0.6 is 7.82 Å². The Morgan fingerprint density at radius 1 is 0.844 bits per heavy atom. The second-order valence-corrected chi connectivity index (χ2v) is 8.99. The highest BCUT2D eigenvalue weighted by Crippen LogP contribution is 2.35. The van der Waals surface area contributed by atoms with Crippen LogP contribution < -0.4 is 5.32 Å². The molecule has 0 aliphatic carbocycles. The minimum Gasteiger partial charge on any atom is -0.462 e. The summed E-state index contributed by atoms with van der Waals surface area (Å²) in [5.41, 5.74) is 0. The first kappa shape index (κ1) is 30.5. The largest absolute Gasteiger partial charge is 0.469 e. The minimum atomic E-state index is -4.74. The Bertz CT molecular complexity index is 580. The van der Waals surface area contributed by atoms with Crippen LogP contribution in [0.2, 0.25) is 0 Å². The average molecular weight is 482 g/mol. The topological polar surface area (TPSA) is 148 Å². The average Bonchev–Trinajstić information content (AvgIpc) is 2.71. The van der Waals surface area contributed by atoms with Crippen LogP contribution in [0.1, 0.15) is 90.9 Å². The van der Waals surface area contributed by atoms with Gasteiger partial charge in [0.15, 0.2) is 6.10 Å². The number of phosphoric acid groups is 1. The Hall–Kier alpha value is -1.48. The summed E-state index contributed by atoms with van der Waals surface area (Å²) >= 11 is 0. The number of nitrogens with one attached hydrogen (secondary N) is 1. The highest BCUT2D eigenvalue weighted by molar-refractivity contribution is 7.46. The second kappa shape index (κ2) is 19.0. The summed E-state index contributed by atoms with van der Waals surface area (Å²) in [7, 11) is -4.74. The maximum Gasteiger partial charge on any atom is 0.469 e. The number of rotatable bonds is 20. The summed E-state index contributed by atoms with van der Waals surface area (Å²) in [6.45, 7) is 3.33. The molecule has 10 nitrogen and oxygen atoms in total. The van der Waals surface area contributed by atoms with Crippen LogP contribution in [-0.2, 0) is 32.9 Å². The number of hydrogen-bond donors (Lipinski definition) is 3. The van der Waals surface area contributed by atoms with E-state index in [-0.39, 0.29) is 25.4 Å². The Morgan fingerprint density at radius 3 is 2.00 bits per heavy atom. The van der Waals surface area contributed by atoms with Gasteiger partial charge in [0.1, 0.15) is 6.61 Å². The van der Waals surface area contributed by atoms with Gasteiger partial charge in [0.05, 0.1) is 6.61 Å². The van der Waals surface area contributed by atoms with E-state index < -0.39 is 32.5 Å². The van der Waals surface area contributed by atoms with Crippen LogP contribution in [-0.4, -0.2) is 53.5 Å². The molecule has 188 valence electrons. The summed E-state index contributed by atoms with van der Waals surface area (Å²) in [6, 6.07) is 0. The van der Waals surface area contributed by atoms with Crippen molar-refractivity contribution in [2.45, 2.75) is 97.0 Å². The third-order valence-corrected chi connectivity index (χ3v) is 5.06. The highest BCUT2D eigenvalue weighted by atomic mass is 31.2. The van der Waals surface area contributed by atoms with E-state index in [9.17, 15) is 18.9 Å². The SMILES string of the molecule is CCCCCCCC(=O)O[C@@H](COC(=O)CCCCCCCNC(C)=O)COP(=O)(O)O. The van der Waals surface area contributed by atoms with Gasteiger partial charge in [0.2, 0.25) is 5.91 Å². The van der Waals surface area contributed by atoms with Gasteiger partial charge in [-0.05, 0) is 19.3 Å². The van der Waals surface area contributed by atoms with Gasteiger partial charge in [0, 0.05) is 26.3 Å². The van der Waals surface area contributed by atoms with Crippen LogP contribution in [0.25, 0.3) is 0 Å². The van der Waals surface area contributed by atoms with E-state index in [1.54, 1.807) is 0 Å².